The van der Waals surface area contributed by atoms with Crippen molar-refractivity contribution in [3.63, 3.8) is 0 Å². The average molecular weight is 366 g/mol. The van der Waals surface area contributed by atoms with Crippen LogP contribution in [0.5, 0.6) is 0 Å². The summed E-state index contributed by atoms with van der Waals surface area (Å²) in [5.74, 6) is 0.735. The van der Waals surface area contributed by atoms with E-state index in [1.165, 1.54) is 4.68 Å². The van der Waals surface area contributed by atoms with Crippen molar-refractivity contribution < 1.29 is 4.52 Å². The van der Waals surface area contributed by atoms with Crippen molar-refractivity contribution in [2.45, 2.75) is 0 Å². The van der Waals surface area contributed by atoms with Gasteiger partial charge in [-0.1, -0.05) is 71.9 Å². The van der Waals surface area contributed by atoms with E-state index in [4.69, 9.17) is 4.52 Å². The first-order valence-corrected chi connectivity index (χ1v) is 8.78. The van der Waals surface area contributed by atoms with E-state index in [-0.39, 0.29) is 11.4 Å². The molecule has 0 atom stereocenters. The molecule has 2 aromatic heterocycles. The Morgan fingerprint density at radius 2 is 1.39 bits per heavy atom. The molecular formula is C22H14N4O2. The van der Waals surface area contributed by atoms with Crippen LogP contribution in [-0.4, -0.2) is 19.9 Å². The smallest absolute Gasteiger partial charge is 0.279 e. The molecule has 0 aliphatic rings. The second-order valence-corrected chi connectivity index (χ2v) is 6.24. The van der Waals surface area contributed by atoms with Gasteiger partial charge in [-0.3, -0.25) is 4.79 Å². The van der Waals surface area contributed by atoms with Crippen LogP contribution in [0.1, 0.15) is 0 Å². The zero-order chi connectivity index (χ0) is 18.9. The minimum Gasteiger partial charge on any atom is -0.332 e. The maximum Gasteiger partial charge on any atom is 0.279 e. The summed E-state index contributed by atoms with van der Waals surface area (Å²) in [5.41, 5.74) is 1.78. The predicted molar refractivity (Wildman–Crippen MR) is 106 cm³/mol. The van der Waals surface area contributed by atoms with Gasteiger partial charge < -0.3 is 4.52 Å². The van der Waals surface area contributed by atoms with Crippen molar-refractivity contribution in [2.75, 3.05) is 0 Å². The van der Waals surface area contributed by atoms with E-state index in [2.05, 4.69) is 15.2 Å². The Kier molecular flexibility index (Phi) is 3.80. The quantitative estimate of drug-likeness (QED) is 0.480. The molecule has 5 rings (SSSR count). The van der Waals surface area contributed by atoms with Crippen LogP contribution in [0.4, 0.5) is 0 Å². The summed E-state index contributed by atoms with van der Waals surface area (Å²) in [4.78, 5) is 17.5. The Bertz CT molecular complexity index is 1330. The van der Waals surface area contributed by atoms with Gasteiger partial charge in [-0.2, -0.15) is 14.8 Å². The predicted octanol–water partition coefficient (Wildman–Crippen LogP) is 4.10. The third-order valence-electron chi connectivity index (χ3n) is 4.47. The molecule has 0 aliphatic carbocycles. The lowest BCUT2D eigenvalue weighted by molar-refractivity contribution is 0.430. The second kappa shape index (κ2) is 6.59. The Balaban J connectivity index is 1.75. The van der Waals surface area contributed by atoms with E-state index in [9.17, 15) is 4.79 Å². The van der Waals surface area contributed by atoms with Crippen LogP contribution >= 0.6 is 0 Å². The van der Waals surface area contributed by atoms with Gasteiger partial charge in [0.15, 0.2) is 5.69 Å². The van der Waals surface area contributed by atoms with Gasteiger partial charge >= 0.3 is 0 Å². The molecule has 0 fully saturated rings. The monoisotopic (exact) mass is 366 g/mol. The summed E-state index contributed by atoms with van der Waals surface area (Å²) < 4.78 is 6.87. The fourth-order valence-electron chi connectivity index (χ4n) is 3.12. The molecule has 2 heterocycles. The summed E-state index contributed by atoms with van der Waals surface area (Å²) in [5, 5.41) is 9.84. The van der Waals surface area contributed by atoms with Gasteiger partial charge in [-0.05, 0) is 18.2 Å². The lowest BCUT2D eigenvalue weighted by Crippen LogP contribution is -2.22. The van der Waals surface area contributed by atoms with Crippen LogP contribution in [0.25, 0.3) is 39.4 Å². The molecule has 0 spiro atoms. The lowest BCUT2D eigenvalue weighted by atomic mass is 10.1. The molecule has 0 bridgehead atoms. The van der Waals surface area contributed by atoms with Crippen LogP contribution in [0.3, 0.4) is 0 Å². The van der Waals surface area contributed by atoms with Crippen LogP contribution in [0.15, 0.2) is 94.2 Å². The van der Waals surface area contributed by atoms with Gasteiger partial charge in [0.2, 0.25) is 5.82 Å². The van der Waals surface area contributed by atoms with Crippen LogP contribution < -0.4 is 5.56 Å². The van der Waals surface area contributed by atoms with Gasteiger partial charge in [0.25, 0.3) is 11.4 Å². The molecule has 0 amide bonds. The standard InChI is InChI=1S/C22H14N4O2/c27-22-18-14-8-7-13-17(18)19(24-26(22)16-11-5-2-6-12-16)21-23-20(25-28-21)15-9-3-1-4-10-15/h1-14H. The highest BCUT2D eigenvalue weighted by Crippen LogP contribution is 2.26. The molecule has 5 aromatic rings. The summed E-state index contributed by atoms with van der Waals surface area (Å²) in [6.07, 6.45) is 0. The van der Waals surface area contributed by atoms with Crippen molar-refractivity contribution >= 4 is 10.8 Å². The Morgan fingerprint density at radius 1 is 0.750 bits per heavy atom. The highest BCUT2D eigenvalue weighted by molar-refractivity contribution is 5.92. The second-order valence-electron chi connectivity index (χ2n) is 6.24. The minimum absolute atomic E-state index is 0.201. The number of fused-ring (bicyclic) bond motifs is 1. The summed E-state index contributed by atoms with van der Waals surface area (Å²) in [6.45, 7) is 0. The summed E-state index contributed by atoms with van der Waals surface area (Å²) >= 11 is 0. The number of aromatic nitrogens is 4. The van der Waals surface area contributed by atoms with Crippen molar-refractivity contribution in [3.8, 4) is 28.7 Å². The lowest BCUT2D eigenvalue weighted by Gasteiger charge is -2.08. The van der Waals surface area contributed by atoms with Crippen molar-refractivity contribution in [1.82, 2.24) is 19.9 Å². The zero-order valence-corrected chi connectivity index (χ0v) is 14.7. The Morgan fingerprint density at radius 3 is 2.14 bits per heavy atom. The molecular weight excluding hydrogens is 352 g/mol. The number of hydrogen-bond donors (Lipinski definition) is 0. The molecule has 0 N–H and O–H groups in total. The van der Waals surface area contributed by atoms with Gasteiger partial charge in [0.05, 0.1) is 11.1 Å². The van der Waals surface area contributed by atoms with Gasteiger partial charge in [-0.25, -0.2) is 0 Å². The molecule has 0 radical (unpaired) electrons. The normalized spacial score (nSPS) is 11.0. The number of rotatable bonds is 3. The van der Waals surface area contributed by atoms with E-state index in [1.807, 2.05) is 78.9 Å². The Hall–Kier alpha value is -4.06. The SMILES string of the molecule is O=c1c2ccccc2c(-c2nc(-c3ccccc3)no2)nn1-c1ccccc1. The van der Waals surface area contributed by atoms with Crippen LogP contribution in [0, 0.1) is 0 Å². The molecule has 0 saturated carbocycles. The molecule has 3 aromatic carbocycles. The molecule has 0 saturated heterocycles. The van der Waals surface area contributed by atoms with Crippen molar-refractivity contribution in [2.24, 2.45) is 0 Å². The highest BCUT2D eigenvalue weighted by Gasteiger charge is 2.18. The average Bonchev–Trinajstić information content (AvgIpc) is 3.26. The fourth-order valence-corrected chi connectivity index (χ4v) is 3.12. The number of hydrogen-bond acceptors (Lipinski definition) is 5. The maximum absolute atomic E-state index is 13.0. The topological polar surface area (TPSA) is 73.8 Å². The fraction of sp³-hybridized carbons (Fsp3) is 0. The first-order chi connectivity index (χ1) is 13.8. The minimum atomic E-state index is -0.201. The van der Waals surface area contributed by atoms with E-state index in [1.54, 1.807) is 6.07 Å². The molecule has 0 unspecified atom stereocenters. The third kappa shape index (κ3) is 2.68. The Labute approximate surface area is 159 Å². The third-order valence-corrected chi connectivity index (χ3v) is 4.47. The first-order valence-electron chi connectivity index (χ1n) is 8.78. The molecule has 6 heteroatoms. The van der Waals surface area contributed by atoms with Crippen LogP contribution in [0.2, 0.25) is 0 Å². The number of benzene rings is 3. The van der Waals surface area contributed by atoms with E-state index < -0.39 is 0 Å². The molecule has 28 heavy (non-hydrogen) atoms. The highest BCUT2D eigenvalue weighted by atomic mass is 16.5. The van der Waals surface area contributed by atoms with Crippen LogP contribution in [-0.2, 0) is 0 Å². The van der Waals surface area contributed by atoms with Crippen molar-refractivity contribution in [3.05, 3.63) is 95.3 Å². The maximum atomic E-state index is 13.0. The zero-order valence-electron chi connectivity index (χ0n) is 14.7. The van der Waals surface area contributed by atoms with E-state index in [0.717, 1.165) is 5.56 Å². The first kappa shape index (κ1) is 16.1. The van der Waals surface area contributed by atoms with Gasteiger partial charge in [0.1, 0.15) is 0 Å². The number of nitrogens with zero attached hydrogens (tertiary/aromatic N) is 4. The number of para-hydroxylation sites is 1. The summed E-state index contributed by atoms with van der Waals surface area (Å²) in [7, 11) is 0. The molecule has 0 aliphatic heterocycles. The van der Waals surface area contributed by atoms with Gasteiger partial charge in [0, 0.05) is 10.9 Å². The molecule has 134 valence electrons. The molecule has 6 nitrogen and oxygen atoms in total. The van der Waals surface area contributed by atoms with E-state index >= 15 is 0 Å². The summed E-state index contributed by atoms with van der Waals surface area (Å²) in [6, 6.07) is 26.1. The van der Waals surface area contributed by atoms with Crippen molar-refractivity contribution in [1.29, 1.82) is 0 Å². The largest absolute Gasteiger partial charge is 0.332 e. The van der Waals surface area contributed by atoms with Gasteiger partial charge in [-0.15, -0.1) is 0 Å². The van der Waals surface area contributed by atoms with E-state index in [0.29, 0.717) is 28.0 Å².